The van der Waals surface area contributed by atoms with Crippen molar-refractivity contribution in [2.45, 2.75) is 12.3 Å². The molecular weight excluding hydrogens is 236 g/mol. The van der Waals surface area contributed by atoms with Gasteiger partial charge in [-0.15, -0.1) is 0 Å². The molecule has 2 aromatic rings. The summed E-state index contributed by atoms with van der Waals surface area (Å²) < 4.78 is 15.7. The predicted molar refractivity (Wildman–Crippen MR) is 61.0 cm³/mol. The maximum absolute atomic E-state index is 5.31. The molecule has 1 aliphatic heterocycles. The van der Waals surface area contributed by atoms with E-state index in [2.05, 4.69) is 20.3 Å². The Labute approximate surface area is 103 Å². The molecule has 0 saturated carbocycles. The second-order valence-corrected chi connectivity index (χ2v) is 4.57. The summed E-state index contributed by atoms with van der Waals surface area (Å²) in [4.78, 5) is 4.39. The van der Waals surface area contributed by atoms with Gasteiger partial charge in [0.1, 0.15) is 11.1 Å². The maximum Gasteiger partial charge on any atom is 0.240 e. The number of rotatable bonds is 4. The SMILES string of the molecule is COCC1(c2nc(-c3cc(C)[nH]n3)no2)COC1. The molecule has 7 heteroatoms. The molecule has 3 heterocycles. The van der Waals surface area contributed by atoms with Gasteiger partial charge in [-0.1, -0.05) is 5.16 Å². The van der Waals surface area contributed by atoms with Crippen LogP contribution in [-0.2, 0) is 14.9 Å². The number of aromatic nitrogens is 4. The van der Waals surface area contributed by atoms with Crippen molar-refractivity contribution in [1.82, 2.24) is 20.3 Å². The summed E-state index contributed by atoms with van der Waals surface area (Å²) in [6, 6.07) is 1.87. The Kier molecular flexibility index (Phi) is 2.64. The Morgan fingerprint density at radius 1 is 1.50 bits per heavy atom. The van der Waals surface area contributed by atoms with Crippen LogP contribution in [0.1, 0.15) is 11.6 Å². The lowest BCUT2D eigenvalue weighted by atomic mass is 9.87. The number of hydrogen-bond acceptors (Lipinski definition) is 6. The lowest BCUT2D eigenvalue weighted by Gasteiger charge is -2.37. The summed E-state index contributed by atoms with van der Waals surface area (Å²) in [5, 5.41) is 10.9. The van der Waals surface area contributed by atoms with Gasteiger partial charge in [0.05, 0.1) is 19.8 Å². The highest BCUT2D eigenvalue weighted by Gasteiger charge is 2.46. The zero-order chi connectivity index (χ0) is 12.6. The highest BCUT2D eigenvalue weighted by Crippen LogP contribution is 2.32. The van der Waals surface area contributed by atoms with Gasteiger partial charge in [-0.25, -0.2) is 0 Å². The van der Waals surface area contributed by atoms with Crippen LogP contribution in [0.4, 0.5) is 0 Å². The van der Waals surface area contributed by atoms with Crippen LogP contribution in [-0.4, -0.2) is 47.3 Å². The maximum atomic E-state index is 5.31. The van der Waals surface area contributed by atoms with Crippen LogP contribution in [0.2, 0.25) is 0 Å². The van der Waals surface area contributed by atoms with Crippen molar-refractivity contribution in [1.29, 1.82) is 0 Å². The van der Waals surface area contributed by atoms with Gasteiger partial charge in [-0.2, -0.15) is 10.1 Å². The fourth-order valence-corrected chi connectivity index (χ4v) is 1.97. The van der Waals surface area contributed by atoms with Gasteiger partial charge >= 0.3 is 0 Å². The fraction of sp³-hybridized carbons (Fsp3) is 0.545. The molecule has 96 valence electrons. The Bertz CT molecular complexity index is 544. The minimum atomic E-state index is -0.300. The molecule has 0 bridgehead atoms. The number of nitrogens with one attached hydrogen (secondary N) is 1. The van der Waals surface area contributed by atoms with Crippen LogP contribution in [0.15, 0.2) is 10.6 Å². The van der Waals surface area contributed by atoms with E-state index in [0.717, 1.165) is 5.69 Å². The lowest BCUT2D eigenvalue weighted by molar-refractivity contribution is -0.105. The molecule has 1 N–H and O–H groups in total. The van der Waals surface area contributed by atoms with Gasteiger partial charge in [0.15, 0.2) is 0 Å². The third-order valence-corrected chi connectivity index (χ3v) is 2.99. The smallest absolute Gasteiger partial charge is 0.240 e. The molecule has 0 unspecified atom stereocenters. The van der Waals surface area contributed by atoms with E-state index in [1.807, 2.05) is 13.0 Å². The van der Waals surface area contributed by atoms with Crippen LogP contribution in [0.5, 0.6) is 0 Å². The molecule has 2 aromatic heterocycles. The third kappa shape index (κ3) is 1.72. The summed E-state index contributed by atoms with van der Waals surface area (Å²) in [7, 11) is 1.65. The zero-order valence-corrected chi connectivity index (χ0v) is 10.3. The molecule has 7 nitrogen and oxygen atoms in total. The summed E-state index contributed by atoms with van der Waals surface area (Å²) in [6.07, 6.45) is 0. The van der Waals surface area contributed by atoms with Gasteiger partial charge in [0.2, 0.25) is 11.7 Å². The number of nitrogens with zero attached hydrogens (tertiary/aromatic N) is 3. The van der Waals surface area contributed by atoms with E-state index >= 15 is 0 Å². The fourth-order valence-electron chi connectivity index (χ4n) is 1.97. The van der Waals surface area contributed by atoms with Crippen LogP contribution in [0.3, 0.4) is 0 Å². The molecule has 0 spiro atoms. The Morgan fingerprint density at radius 2 is 2.33 bits per heavy atom. The normalized spacial score (nSPS) is 17.7. The Balaban J connectivity index is 1.89. The van der Waals surface area contributed by atoms with E-state index in [0.29, 0.717) is 37.2 Å². The van der Waals surface area contributed by atoms with E-state index in [4.69, 9.17) is 14.0 Å². The van der Waals surface area contributed by atoms with Gasteiger partial charge in [-0.3, -0.25) is 5.10 Å². The van der Waals surface area contributed by atoms with Gasteiger partial charge in [-0.05, 0) is 13.0 Å². The van der Waals surface area contributed by atoms with Crippen LogP contribution < -0.4 is 0 Å². The van der Waals surface area contributed by atoms with E-state index in [1.54, 1.807) is 7.11 Å². The Morgan fingerprint density at radius 3 is 2.89 bits per heavy atom. The second kappa shape index (κ2) is 4.18. The molecule has 1 fully saturated rings. The molecule has 0 aliphatic carbocycles. The highest BCUT2D eigenvalue weighted by atomic mass is 16.5. The predicted octanol–water partition coefficient (Wildman–Crippen LogP) is 0.683. The summed E-state index contributed by atoms with van der Waals surface area (Å²) in [5.41, 5.74) is 1.33. The van der Waals surface area contributed by atoms with Crippen molar-refractivity contribution in [2.24, 2.45) is 0 Å². The largest absolute Gasteiger partial charge is 0.383 e. The van der Waals surface area contributed by atoms with Gasteiger partial charge in [0, 0.05) is 12.8 Å². The molecule has 1 aliphatic rings. The van der Waals surface area contributed by atoms with Crippen molar-refractivity contribution in [2.75, 3.05) is 26.9 Å². The second-order valence-electron chi connectivity index (χ2n) is 4.57. The molecule has 0 radical (unpaired) electrons. The molecule has 1 saturated heterocycles. The monoisotopic (exact) mass is 250 g/mol. The minimum absolute atomic E-state index is 0.300. The zero-order valence-electron chi connectivity index (χ0n) is 10.3. The van der Waals surface area contributed by atoms with Crippen LogP contribution >= 0.6 is 0 Å². The number of aryl methyl sites for hydroxylation is 1. The first-order chi connectivity index (χ1) is 8.73. The molecule has 0 aromatic carbocycles. The Hall–Kier alpha value is -1.73. The number of aromatic amines is 1. The first-order valence-electron chi connectivity index (χ1n) is 5.67. The van der Waals surface area contributed by atoms with Crippen molar-refractivity contribution in [3.8, 4) is 11.5 Å². The number of H-pyrrole nitrogens is 1. The quantitative estimate of drug-likeness (QED) is 0.858. The first kappa shape index (κ1) is 11.4. The molecule has 0 amide bonds. The third-order valence-electron chi connectivity index (χ3n) is 2.99. The molecular formula is C11H14N4O3. The molecule has 0 atom stereocenters. The minimum Gasteiger partial charge on any atom is -0.383 e. The summed E-state index contributed by atoms with van der Waals surface area (Å²) >= 11 is 0. The van der Waals surface area contributed by atoms with Crippen LogP contribution in [0, 0.1) is 6.92 Å². The standard InChI is InChI=1S/C11H14N4O3/c1-7-3-8(14-13-7)9-12-10(18-15-9)11(4-16-2)5-17-6-11/h3H,4-6H2,1-2H3,(H,13,14). The van der Waals surface area contributed by atoms with Crippen molar-refractivity contribution >= 4 is 0 Å². The average molecular weight is 250 g/mol. The van der Waals surface area contributed by atoms with E-state index in [-0.39, 0.29) is 5.41 Å². The van der Waals surface area contributed by atoms with Gasteiger partial charge < -0.3 is 14.0 Å². The summed E-state index contributed by atoms with van der Waals surface area (Å²) in [6.45, 7) is 3.52. The lowest BCUT2D eigenvalue weighted by Crippen LogP contribution is -2.50. The van der Waals surface area contributed by atoms with Crippen LogP contribution in [0.25, 0.3) is 11.5 Å². The van der Waals surface area contributed by atoms with Crippen molar-refractivity contribution in [3.63, 3.8) is 0 Å². The number of hydrogen-bond donors (Lipinski definition) is 1. The first-order valence-corrected chi connectivity index (χ1v) is 5.67. The average Bonchev–Trinajstić information content (AvgIpc) is 2.92. The van der Waals surface area contributed by atoms with Crippen molar-refractivity contribution in [3.05, 3.63) is 17.7 Å². The number of ether oxygens (including phenoxy) is 2. The van der Waals surface area contributed by atoms with E-state index in [9.17, 15) is 0 Å². The molecule has 18 heavy (non-hydrogen) atoms. The topological polar surface area (TPSA) is 86.1 Å². The summed E-state index contributed by atoms with van der Waals surface area (Å²) in [5.74, 6) is 1.03. The van der Waals surface area contributed by atoms with E-state index in [1.165, 1.54) is 0 Å². The number of methoxy groups -OCH3 is 1. The van der Waals surface area contributed by atoms with Gasteiger partial charge in [0.25, 0.3) is 0 Å². The van der Waals surface area contributed by atoms with Crippen molar-refractivity contribution < 1.29 is 14.0 Å². The van der Waals surface area contributed by atoms with E-state index < -0.39 is 0 Å². The molecule has 3 rings (SSSR count). The highest BCUT2D eigenvalue weighted by molar-refractivity contribution is 5.48.